The first-order valence-electron chi connectivity index (χ1n) is 4.55. The number of nitrogens with two attached hydrogens (primary N) is 1. The number of rotatable bonds is 4. The fraction of sp³-hybridized carbons (Fsp3) is 0.375. The molecule has 0 radical (unpaired) electrons. The Morgan fingerprint density at radius 2 is 2.07 bits per heavy atom. The van der Waals surface area contributed by atoms with E-state index in [1.165, 1.54) is 0 Å². The second-order valence-corrected chi connectivity index (χ2v) is 4.34. The fourth-order valence-corrected chi connectivity index (χ4v) is 1.65. The Bertz CT molecular complexity index is 434. The summed E-state index contributed by atoms with van der Waals surface area (Å²) in [6.45, 7) is 1.97. The van der Waals surface area contributed by atoms with Crippen molar-refractivity contribution in [3.8, 4) is 0 Å². The van der Waals surface area contributed by atoms with Gasteiger partial charge >= 0.3 is 0 Å². The van der Waals surface area contributed by atoms with E-state index >= 15 is 0 Å². The average Bonchev–Trinajstić information content (AvgIpc) is 2.83. The van der Waals surface area contributed by atoms with Crippen LogP contribution in [-0.4, -0.2) is 24.8 Å². The smallest absolute Gasteiger partial charge is 0.0962 e. The maximum Gasteiger partial charge on any atom is 0.0962 e. The minimum absolute atomic E-state index is 0.430. The standard InChI is InChI=1S/C8H11IN6/c9-7-4-11-14(5-7)1-2-15-6-8(3-10)12-13-15/h4-6H,1-3,10H2. The Hall–Kier alpha value is -0.960. The molecule has 2 N–H and O–H groups in total. The average molecular weight is 318 g/mol. The molecule has 0 amide bonds. The number of hydrogen-bond donors (Lipinski definition) is 1. The fourth-order valence-electron chi connectivity index (χ4n) is 1.21. The van der Waals surface area contributed by atoms with E-state index in [0.717, 1.165) is 22.4 Å². The maximum atomic E-state index is 5.44. The molecule has 0 aliphatic rings. The number of hydrogen-bond acceptors (Lipinski definition) is 4. The molecule has 80 valence electrons. The van der Waals surface area contributed by atoms with Crippen molar-refractivity contribution in [1.29, 1.82) is 0 Å². The Balaban J connectivity index is 1.93. The monoisotopic (exact) mass is 318 g/mol. The second kappa shape index (κ2) is 4.71. The SMILES string of the molecule is NCc1cn(CCn2cc(I)cn2)nn1. The molecule has 0 atom stereocenters. The Kier molecular flexibility index (Phi) is 3.31. The first kappa shape index (κ1) is 10.6. The van der Waals surface area contributed by atoms with Gasteiger partial charge in [0.25, 0.3) is 0 Å². The summed E-state index contributed by atoms with van der Waals surface area (Å²) in [6, 6.07) is 0. The van der Waals surface area contributed by atoms with Crippen molar-refractivity contribution in [2.75, 3.05) is 0 Å². The number of halogens is 1. The van der Waals surface area contributed by atoms with Crippen LogP contribution in [0.4, 0.5) is 0 Å². The van der Waals surface area contributed by atoms with E-state index in [0.29, 0.717) is 6.54 Å². The highest BCUT2D eigenvalue weighted by molar-refractivity contribution is 14.1. The van der Waals surface area contributed by atoms with Crippen molar-refractivity contribution in [3.05, 3.63) is 27.9 Å². The summed E-state index contributed by atoms with van der Waals surface area (Å²) in [4.78, 5) is 0. The molecule has 6 nitrogen and oxygen atoms in total. The topological polar surface area (TPSA) is 74.5 Å². The van der Waals surface area contributed by atoms with E-state index in [9.17, 15) is 0 Å². The van der Waals surface area contributed by atoms with Gasteiger partial charge in [0.05, 0.1) is 28.6 Å². The molecule has 15 heavy (non-hydrogen) atoms. The van der Waals surface area contributed by atoms with Crippen LogP contribution in [0.2, 0.25) is 0 Å². The molecule has 0 bridgehead atoms. The van der Waals surface area contributed by atoms with Gasteiger partial charge in [0, 0.05) is 18.9 Å². The van der Waals surface area contributed by atoms with Crippen LogP contribution in [-0.2, 0) is 19.6 Å². The first-order valence-corrected chi connectivity index (χ1v) is 5.63. The van der Waals surface area contributed by atoms with Crippen LogP contribution < -0.4 is 5.73 Å². The highest BCUT2D eigenvalue weighted by Crippen LogP contribution is 2.01. The molecule has 0 aliphatic carbocycles. The third-order valence-electron chi connectivity index (χ3n) is 1.96. The van der Waals surface area contributed by atoms with Gasteiger partial charge in [-0.1, -0.05) is 5.21 Å². The zero-order chi connectivity index (χ0) is 10.7. The molecule has 2 aromatic rings. The van der Waals surface area contributed by atoms with E-state index in [2.05, 4.69) is 38.0 Å². The third-order valence-corrected chi connectivity index (χ3v) is 2.51. The van der Waals surface area contributed by atoms with Crippen molar-refractivity contribution in [3.63, 3.8) is 0 Å². The predicted molar refractivity (Wildman–Crippen MR) is 62.9 cm³/mol. The summed E-state index contributed by atoms with van der Waals surface area (Å²) in [6.07, 6.45) is 5.67. The number of aryl methyl sites for hydroxylation is 2. The Morgan fingerprint density at radius 3 is 2.67 bits per heavy atom. The van der Waals surface area contributed by atoms with Gasteiger partial charge in [0.2, 0.25) is 0 Å². The lowest BCUT2D eigenvalue weighted by Crippen LogP contribution is -2.08. The van der Waals surface area contributed by atoms with E-state index in [1.54, 1.807) is 4.68 Å². The minimum atomic E-state index is 0.430. The van der Waals surface area contributed by atoms with Crippen molar-refractivity contribution in [1.82, 2.24) is 24.8 Å². The molecule has 2 rings (SSSR count). The summed E-state index contributed by atoms with van der Waals surface area (Å²) < 4.78 is 4.79. The van der Waals surface area contributed by atoms with Crippen molar-refractivity contribution < 1.29 is 0 Å². The Labute approximate surface area is 101 Å². The summed E-state index contributed by atoms with van der Waals surface area (Å²) >= 11 is 2.23. The highest BCUT2D eigenvalue weighted by atomic mass is 127. The summed E-state index contributed by atoms with van der Waals surface area (Å²) in [5.41, 5.74) is 6.25. The van der Waals surface area contributed by atoms with Crippen molar-refractivity contribution in [2.24, 2.45) is 5.73 Å². The molecule has 2 heterocycles. The summed E-state index contributed by atoms with van der Waals surface area (Å²) in [7, 11) is 0. The second-order valence-electron chi connectivity index (χ2n) is 3.10. The molecule has 0 saturated carbocycles. The maximum absolute atomic E-state index is 5.44. The largest absolute Gasteiger partial charge is 0.325 e. The minimum Gasteiger partial charge on any atom is -0.325 e. The van der Waals surface area contributed by atoms with Crippen LogP contribution in [0.5, 0.6) is 0 Å². The molecule has 2 aromatic heterocycles. The molecule has 0 spiro atoms. The highest BCUT2D eigenvalue weighted by Gasteiger charge is 1.99. The van der Waals surface area contributed by atoms with Crippen molar-refractivity contribution in [2.45, 2.75) is 19.6 Å². The van der Waals surface area contributed by atoms with Gasteiger partial charge in [-0.15, -0.1) is 5.10 Å². The van der Waals surface area contributed by atoms with Gasteiger partial charge < -0.3 is 5.73 Å². The molecule has 0 saturated heterocycles. The van der Waals surface area contributed by atoms with E-state index in [1.807, 2.05) is 23.3 Å². The molecule has 0 unspecified atom stereocenters. The summed E-state index contributed by atoms with van der Waals surface area (Å²) in [5, 5.41) is 12.0. The zero-order valence-corrected chi connectivity index (χ0v) is 10.2. The van der Waals surface area contributed by atoms with Gasteiger partial charge in [0.15, 0.2) is 0 Å². The van der Waals surface area contributed by atoms with Crippen LogP contribution in [0.25, 0.3) is 0 Å². The van der Waals surface area contributed by atoms with E-state index < -0.39 is 0 Å². The van der Waals surface area contributed by atoms with Gasteiger partial charge in [-0.2, -0.15) is 5.10 Å². The van der Waals surface area contributed by atoms with Gasteiger partial charge in [-0.3, -0.25) is 9.36 Å². The lowest BCUT2D eigenvalue weighted by molar-refractivity contribution is 0.489. The molecule has 0 aliphatic heterocycles. The van der Waals surface area contributed by atoms with Crippen LogP contribution in [0, 0.1) is 3.57 Å². The third kappa shape index (κ3) is 2.75. The Morgan fingerprint density at radius 1 is 1.27 bits per heavy atom. The predicted octanol–water partition coefficient (Wildman–Crippen LogP) is 0.238. The van der Waals surface area contributed by atoms with E-state index in [-0.39, 0.29) is 0 Å². The quantitative estimate of drug-likeness (QED) is 0.820. The molecule has 0 fully saturated rings. The molecule has 0 aromatic carbocycles. The molecule has 7 heteroatoms. The van der Waals surface area contributed by atoms with Crippen LogP contribution >= 0.6 is 22.6 Å². The summed E-state index contributed by atoms with van der Waals surface area (Å²) in [5.74, 6) is 0. The lowest BCUT2D eigenvalue weighted by atomic mass is 10.5. The van der Waals surface area contributed by atoms with Gasteiger partial charge in [-0.25, -0.2) is 0 Å². The number of aromatic nitrogens is 5. The van der Waals surface area contributed by atoms with Crippen LogP contribution in [0.3, 0.4) is 0 Å². The van der Waals surface area contributed by atoms with Crippen LogP contribution in [0.1, 0.15) is 5.69 Å². The molecular weight excluding hydrogens is 307 g/mol. The normalized spacial score (nSPS) is 10.8. The van der Waals surface area contributed by atoms with Gasteiger partial charge in [0.1, 0.15) is 0 Å². The number of nitrogens with zero attached hydrogens (tertiary/aromatic N) is 5. The van der Waals surface area contributed by atoms with Gasteiger partial charge in [-0.05, 0) is 22.6 Å². The zero-order valence-electron chi connectivity index (χ0n) is 8.04. The van der Waals surface area contributed by atoms with Crippen LogP contribution in [0.15, 0.2) is 18.6 Å². The van der Waals surface area contributed by atoms with E-state index in [4.69, 9.17) is 5.73 Å². The van der Waals surface area contributed by atoms with Crippen molar-refractivity contribution >= 4 is 22.6 Å². The lowest BCUT2D eigenvalue weighted by Gasteiger charge is -2.00. The molecular formula is C8H11IN6. The first-order chi connectivity index (χ1) is 7.28.